The highest BCUT2D eigenvalue weighted by molar-refractivity contribution is 7.87. The number of aliphatic hydroxyl groups is 1. The lowest BCUT2D eigenvalue weighted by atomic mass is 10.1. The molecule has 2 atom stereocenters. The van der Waals surface area contributed by atoms with Gasteiger partial charge in [-0.1, -0.05) is 0 Å². The molecule has 1 heterocycles. The Bertz CT molecular complexity index is 434. The largest absolute Gasteiger partial charge is 0.480 e. The Morgan fingerprint density at radius 1 is 1.32 bits per heavy atom. The zero-order chi connectivity index (χ0) is 14.0. The Morgan fingerprint density at radius 2 is 2.00 bits per heavy atom. The molecule has 2 aliphatic rings. The molecule has 19 heavy (non-hydrogen) atoms. The maximum atomic E-state index is 12.1. The van der Waals surface area contributed by atoms with Gasteiger partial charge in [-0.2, -0.15) is 17.4 Å². The summed E-state index contributed by atoms with van der Waals surface area (Å²) in [6.07, 6.45) is 2.88. The monoisotopic (exact) mass is 292 g/mol. The third kappa shape index (κ3) is 3.65. The Hall–Kier alpha value is -0.700. The van der Waals surface area contributed by atoms with Crippen LogP contribution in [0.3, 0.4) is 0 Å². The van der Waals surface area contributed by atoms with Crippen LogP contribution in [0, 0.1) is 5.92 Å². The summed E-state index contributed by atoms with van der Waals surface area (Å²) in [5.74, 6) is -0.938. The number of aliphatic carboxylic acids is 1. The van der Waals surface area contributed by atoms with Crippen molar-refractivity contribution in [2.75, 3.05) is 13.1 Å². The number of hydrogen-bond acceptors (Lipinski definition) is 4. The number of piperidine rings is 1. The summed E-state index contributed by atoms with van der Waals surface area (Å²) in [4.78, 5) is 11.1. The van der Waals surface area contributed by atoms with Gasteiger partial charge in [0.15, 0.2) is 0 Å². The van der Waals surface area contributed by atoms with Crippen LogP contribution in [0.4, 0.5) is 0 Å². The van der Waals surface area contributed by atoms with Gasteiger partial charge in [0.25, 0.3) is 10.2 Å². The van der Waals surface area contributed by atoms with Crippen LogP contribution in [0.5, 0.6) is 0 Å². The smallest absolute Gasteiger partial charge is 0.322 e. The molecule has 1 aliphatic heterocycles. The van der Waals surface area contributed by atoms with E-state index in [1.165, 1.54) is 0 Å². The van der Waals surface area contributed by atoms with Crippen molar-refractivity contribution in [2.45, 2.75) is 44.2 Å². The summed E-state index contributed by atoms with van der Waals surface area (Å²) < 4.78 is 27.5. The highest BCUT2D eigenvalue weighted by Gasteiger charge is 2.37. The first-order valence-corrected chi connectivity index (χ1v) is 8.03. The maximum absolute atomic E-state index is 12.1. The average molecular weight is 292 g/mol. The molecule has 110 valence electrons. The Morgan fingerprint density at radius 3 is 2.58 bits per heavy atom. The number of aliphatic hydroxyl groups excluding tert-OH is 1. The quantitative estimate of drug-likeness (QED) is 0.613. The van der Waals surface area contributed by atoms with Crippen LogP contribution in [0.1, 0.15) is 32.1 Å². The van der Waals surface area contributed by atoms with E-state index in [2.05, 4.69) is 4.72 Å². The first-order valence-electron chi connectivity index (χ1n) is 6.59. The molecule has 3 N–H and O–H groups in total. The molecule has 0 aromatic carbocycles. The van der Waals surface area contributed by atoms with Crippen molar-refractivity contribution in [1.29, 1.82) is 0 Å². The summed E-state index contributed by atoms with van der Waals surface area (Å²) >= 11 is 0. The summed E-state index contributed by atoms with van der Waals surface area (Å²) in [5.41, 5.74) is 0. The molecule has 2 fully saturated rings. The van der Waals surface area contributed by atoms with Crippen LogP contribution >= 0.6 is 0 Å². The summed E-state index contributed by atoms with van der Waals surface area (Å²) in [7, 11) is -3.84. The minimum atomic E-state index is -3.84. The van der Waals surface area contributed by atoms with E-state index >= 15 is 0 Å². The van der Waals surface area contributed by atoms with Gasteiger partial charge in [0, 0.05) is 13.1 Å². The lowest BCUT2D eigenvalue weighted by Gasteiger charge is -2.32. The number of carboxylic acid groups (broad SMARTS) is 1. The van der Waals surface area contributed by atoms with Gasteiger partial charge in [-0.3, -0.25) is 4.79 Å². The van der Waals surface area contributed by atoms with Crippen molar-refractivity contribution in [1.82, 2.24) is 9.03 Å². The predicted octanol–water partition coefficient (Wildman–Crippen LogP) is -0.469. The van der Waals surface area contributed by atoms with Gasteiger partial charge in [0.1, 0.15) is 6.04 Å². The van der Waals surface area contributed by atoms with Crippen molar-refractivity contribution in [2.24, 2.45) is 5.92 Å². The van der Waals surface area contributed by atoms with E-state index in [1.54, 1.807) is 0 Å². The Kier molecular flexibility index (Phi) is 4.44. The lowest BCUT2D eigenvalue weighted by molar-refractivity contribution is -0.142. The van der Waals surface area contributed by atoms with E-state index in [0.717, 1.165) is 17.1 Å². The zero-order valence-electron chi connectivity index (χ0n) is 10.7. The van der Waals surface area contributed by atoms with Crippen LogP contribution in [-0.4, -0.2) is 54.1 Å². The van der Waals surface area contributed by atoms with Crippen molar-refractivity contribution in [3.05, 3.63) is 0 Å². The molecular formula is C11H20N2O5S. The first kappa shape index (κ1) is 14.7. The van der Waals surface area contributed by atoms with E-state index in [1.807, 2.05) is 0 Å². The second-order valence-electron chi connectivity index (χ2n) is 5.22. The van der Waals surface area contributed by atoms with Crippen LogP contribution in [-0.2, 0) is 15.0 Å². The molecular weight excluding hydrogens is 272 g/mol. The minimum Gasteiger partial charge on any atom is -0.480 e. The molecule has 2 unspecified atom stereocenters. The van der Waals surface area contributed by atoms with Gasteiger partial charge in [-0.25, -0.2) is 0 Å². The normalized spacial score (nSPS) is 27.1. The molecule has 0 aromatic heterocycles. The van der Waals surface area contributed by atoms with Gasteiger partial charge in [-0.05, 0) is 38.0 Å². The van der Waals surface area contributed by atoms with E-state index in [4.69, 9.17) is 5.11 Å². The van der Waals surface area contributed by atoms with Crippen LogP contribution < -0.4 is 4.72 Å². The zero-order valence-corrected chi connectivity index (χ0v) is 11.5. The molecule has 0 aromatic rings. The Labute approximate surface area is 112 Å². The highest BCUT2D eigenvalue weighted by atomic mass is 32.2. The predicted molar refractivity (Wildman–Crippen MR) is 67.6 cm³/mol. The fourth-order valence-electron chi connectivity index (χ4n) is 2.36. The van der Waals surface area contributed by atoms with Gasteiger partial charge < -0.3 is 10.2 Å². The van der Waals surface area contributed by atoms with Crippen molar-refractivity contribution in [3.8, 4) is 0 Å². The van der Waals surface area contributed by atoms with E-state index in [0.29, 0.717) is 19.3 Å². The van der Waals surface area contributed by atoms with Gasteiger partial charge in [0.2, 0.25) is 0 Å². The van der Waals surface area contributed by atoms with E-state index in [9.17, 15) is 18.3 Å². The van der Waals surface area contributed by atoms with Crippen LogP contribution in [0.2, 0.25) is 0 Å². The molecule has 1 saturated carbocycles. The number of carboxylic acids is 1. The number of hydrogen-bond donors (Lipinski definition) is 3. The molecule has 8 heteroatoms. The summed E-state index contributed by atoms with van der Waals surface area (Å²) in [6.45, 7) is 0.168. The number of nitrogens with one attached hydrogen (secondary N) is 1. The SMILES string of the molecule is O=C(O)C1CCCCN1S(=O)(=O)NCC(O)C1CC1. The molecule has 0 bridgehead atoms. The third-order valence-electron chi connectivity index (χ3n) is 3.69. The number of nitrogens with zero attached hydrogens (tertiary/aromatic N) is 1. The Balaban J connectivity index is 1.97. The molecule has 7 nitrogen and oxygen atoms in total. The minimum absolute atomic E-state index is 0.0458. The second-order valence-corrected chi connectivity index (χ2v) is 6.93. The van der Waals surface area contributed by atoms with E-state index in [-0.39, 0.29) is 19.0 Å². The fourth-order valence-corrected chi connectivity index (χ4v) is 3.81. The standard InChI is InChI=1S/C11H20N2O5S/c14-10(8-4-5-8)7-12-19(17,18)13-6-2-1-3-9(13)11(15)16/h8-10,12,14H,1-7H2,(H,15,16). The van der Waals surface area contributed by atoms with Crippen molar-refractivity contribution < 1.29 is 23.4 Å². The van der Waals surface area contributed by atoms with Crippen molar-refractivity contribution in [3.63, 3.8) is 0 Å². The highest BCUT2D eigenvalue weighted by Crippen LogP contribution is 2.32. The maximum Gasteiger partial charge on any atom is 0.322 e. The summed E-state index contributed by atoms with van der Waals surface area (Å²) in [6, 6.07) is -0.996. The fraction of sp³-hybridized carbons (Fsp3) is 0.909. The second kappa shape index (κ2) is 5.74. The lowest BCUT2D eigenvalue weighted by Crippen LogP contribution is -2.53. The molecule has 1 aliphatic carbocycles. The molecule has 1 saturated heterocycles. The molecule has 0 spiro atoms. The van der Waals surface area contributed by atoms with Crippen LogP contribution in [0.25, 0.3) is 0 Å². The third-order valence-corrected chi connectivity index (χ3v) is 5.27. The summed E-state index contributed by atoms with van der Waals surface area (Å²) in [5, 5.41) is 18.7. The average Bonchev–Trinajstić information content (AvgIpc) is 3.20. The number of carbonyl (C=O) groups is 1. The van der Waals surface area contributed by atoms with E-state index < -0.39 is 28.3 Å². The van der Waals surface area contributed by atoms with Crippen molar-refractivity contribution >= 4 is 16.2 Å². The first-order chi connectivity index (χ1) is 8.92. The van der Waals surface area contributed by atoms with Gasteiger partial charge in [-0.15, -0.1) is 0 Å². The topological polar surface area (TPSA) is 107 Å². The number of rotatable bonds is 6. The molecule has 0 radical (unpaired) electrons. The molecule has 2 rings (SSSR count). The van der Waals surface area contributed by atoms with Crippen LogP contribution in [0.15, 0.2) is 0 Å². The van der Waals surface area contributed by atoms with Gasteiger partial charge in [0.05, 0.1) is 6.10 Å². The molecule has 0 amide bonds. The van der Waals surface area contributed by atoms with Gasteiger partial charge >= 0.3 is 5.97 Å².